The van der Waals surface area contributed by atoms with Crippen LogP contribution in [0, 0.1) is 5.92 Å². The predicted octanol–water partition coefficient (Wildman–Crippen LogP) is 4.99. The molecule has 1 amide bonds. The van der Waals surface area contributed by atoms with Gasteiger partial charge in [0.25, 0.3) is 0 Å². The molecule has 174 valence electrons. The molecule has 8 heteroatoms. The van der Waals surface area contributed by atoms with Gasteiger partial charge in [-0.3, -0.25) is 9.69 Å². The lowest BCUT2D eigenvalue weighted by Gasteiger charge is -2.30. The highest BCUT2D eigenvalue weighted by Gasteiger charge is 2.27. The zero-order valence-corrected chi connectivity index (χ0v) is 20.5. The van der Waals surface area contributed by atoms with Crippen LogP contribution in [0.5, 0.6) is 5.75 Å². The summed E-state index contributed by atoms with van der Waals surface area (Å²) in [6.07, 6.45) is 1.63. The molecule has 2 heterocycles. The number of ether oxygens (including phenoxy) is 1. The molecule has 0 radical (unpaired) electrons. The van der Waals surface area contributed by atoms with E-state index in [1.165, 1.54) is 0 Å². The quantitative estimate of drug-likeness (QED) is 0.458. The molecule has 0 aliphatic carbocycles. The van der Waals surface area contributed by atoms with Crippen molar-refractivity contribution in [1.82, 2.24) is 20.4 Å². The lowest BCUT2D eigenvalue weighted by atomic mass is 9.95. The van der Waals surface area contributed by atoms with Crippen molar-refractivity contribution in [3.63, 3.8) is 0 Å². The van der Waals surface area contributed by atoms with Crippen molar-refractivity contribution < 1.29 is 14.1 Å². The third kappa shape index (κ3) is 6.21. The van der Waals surface area contributed by atoms with Gasteiger partial charge in [0.15, 0.2) is 0 Å². The molecule has 1 fully saturated rings. The molecule has 1 atom stereocenters. The third-order valence-corrected chi connectivity index (χ3v) is 6.47. The van der Waals surface area contributed by atoms with E-state index in [2.05, 4.69) is 36.3 Å². The Morgan fingerprint density at radius 3 is 2.55 bits per heavy atom. The number of nitrogens with zero attached hydrogens (tertiary/aromatic N) is 3. The van der Waals surface area contributed by atoms with Crippen molar-refractivity contribution in [3.05, 3.63) is 64.5 Å². The average Bonchev–Trinajstić information content (AvgIpc) is 3.29. The smallest absolute Gasteiger partial charge is 0.241 e. The summed E-state index contributed by atoms with van der Waals surface area (Å²) in [5, 5.41) is 7.27. The monoisotopic (exact) mass is 512 g/mol. The summed E-state index contributed by atoms with van der Waals surface area (Å²) >= 11 is 3.43. The summed E-state index contributed by atoms with van der Waals surface area (Å²) in [7, 11) is 0. The molecule has 1 aromatic heterocycles. The molecule has 1 saturated heterocycles. The van der Waals surface area contributed by atoms with Crippen LogP contribution in [0.3, 0.4) is 0 Å². The van der Waals surface area contributed by atoms with Crippen molar-refractivity contribution in [2.75, 3.05) is 19.7 Å². The van der Waals surface area contributed by atoms with Gasteiger partial charge >= 0.3 is 0 Å². The second-order valence-electron chi connectivity index (χ2n) is 8.30. The maximum absolute atomic E-state index is 12.8. The Hall–Kier alpha value is -2.71. The summed E-state index contributed by atoms with van der Waals surface area (Å²) in [6, 6.07) is 15.7. The van der Waals surface area contributed by atoms with Crippen LogP contribution < -0.4 is 10.1 Å². The molecule has 3 aromatic rings. The van der Waals surface area contributed by atoms with Crippen LogP contribution in [0.2, 0.25) is 0 Å². The van der Waals surface area contributed by atoms with Gasteiger partial charge in [-0.2, -0.15) is 4.98 Å². The molecular weight excluding hydrogens is 484 g/mol. The van der Waals surface area contributed by atoms with E-state index in [0.717, 1.165) is 47.3 Å². The normalized spacial score (nSPS) is 15.8. The van der Waals surface area contributed by atoms with E-state index in [4.69, 9.17) is 9.26 Å². The molecule has 0 saturated carbocycles. The number of hydrogen-bond donors (Lipinski definition) is 1. The van der Waals surface area contributed by atoms with Crippen LogP contribution in [0.1, 0.15) is 44.2 Å². The third-order valence-electron chi connectivity index (χ3n) is 5.94. The maximum Gasteiger partial charge on any atom is 0.241 e. The number of nitrogens with one attached hydrogen (secondary N) is 1. The average molecular weight is 513 g/mol. The minimum absolute atomic E-state index is 0.0207. The SMILES string of the molecule is CCOc1ccc(C(C)NC(=O)C2CCN(Cc3nc(-c4ccc(Br)cc4)no3)CC2)cc1. The van der Waals surface area contributed by atoms with Crippen LogP contribution in [-0.2, 0) is 11.3 Å². The molecule has 1 aliphatic rings. The van der Waals surface area contributed by atoms with Gasteiger partial charge in [0.1, 0.15) is 5.75 Å². The van der Waals surface area contributed by atoms with E-state index in [1.54, 1.807) is 0 Å². The van der Waals surface area contributed by atoms with Crippen LogP contribution in [0.4, 0.5) is 0 Å². The van der Waals surface area contributed by atoms with Crippen molar-refractivity contribution in [2.24, 2.45) is 5.92 Å². The molecule has 0 spiro atoms. The number of piperidine rings is 1. The standard InChI is InChI=1S/C25H29BrN4O3/c1-3-32-22-10-6-18(7-11-22)17(2)27-25(31)20-12-14-30(15-13-20)16-23-28-24(29-33-23)19-4-8-21(26)9-5-19/h4-11,17,20H,3,12-16H2,1-2H3,(H,27,31). The molecule has 7 nitrogen and oxygen atoms in total. The summed E-state index contributed by atoms with van der Waals surface area (Å²) in [4.78, 5) is 19.6. The van der Waals surface area contributed by atoms with E-state index in [9.17, 15) is 4.79 Å². The fourth-order valence-corrected chi connectivity index (χ4v) is 4.28. The predicted molar refractivity (Wildman–Crippen MR) is 130 cm³/mol. The van der Waals surface area contributed by atoms with Gasteiger partial charge in [-0.25, -0.2) is 0 Å². The Bertz CT molecular complexity index is 1040. The van der Waals surface area contributed by atoms with Crippen LogP contribution in [0.15, 0.2) is 57.5 Å². The Morgan fingerprint density at radius 1 is 1.18 bits per heavy atom. The summed E-state index contributed by atoms with van der Waals surface area (Å²) in [5.41, 5.74) is 1.99. The van der Waals surface area contributed by atoms with E-state index in [0.29, 0.717) is 24.9 Å². The second-order valence-corrected chi connectivity index (χ2v) is 9.22. The fraction of sp³-hybridized carbons (Fsp3) is 0.400. The number of hydrogen-bond acceptors (Lipinski definition) is 6. The molecule has 0 bridgehead atoms. The first-order chi connectivity index (χ1) is 16.0. The highest BCUT2D eigenvalue weighted by atomic mass is 79.9. The Morgan fingerprint density at radius 2 is 1.88 bits per heavy atom. The number of halogens is 1. The van der Waals surface area contributed by atoms with Gasteiger partial charge in [0.05, 0.1) is 19.2 Å². The van der Waals surface area contributed by atoms with E-state index >= 15 is 0 Å². The van der Waals surface area contributed by atoms with E-state index in [-0.39, 0.29) is 17.9 Å². The molecular formula is C25H29BrN4O3. The van der Waals surface area contributed by atoms with Crippen molar-refractivity contribution in [2.45, 2.75) is 39.3 Å². The zero-order valence-electron chi connectivity index (χ0n) is 19.0. The van der Waals surface area contributed by atoms with Gasteiger partial charge in [-0.05, 0) is 81.7 Å². The lowest BCUT2D eigenvalue weighted by molar-refractivity contribution is -0.127. The number of benzene rings is 2. The highest BCUT2D eigenvalue weighted by Crippen LogP contribution is 2.23. The molecule has 1 unspecified atom stereocenters. The fourth-order valence-electron chi connectivity index (χ4n) is 4.01. The number of rotatable bonds is 8. The molecule has 2 aromatic carbocycles. The second kappa shape index (κ2) is 10.9. The Labute approximate surface area is 202 Å². The number of amides is 1. The van der Waals surface area contributed by atoms with E-state index < -0.39 is 0 Å². The number of aromatic nitrogens is 2. The van der Waals surface area contributed by atoms with Crippen molar-refractivity contribution in [3.8, 4) is 17.1 Å². The van der Waals surface area contributed by atoms with Crippen LogP contribution in [0.25, 0.3) is 11.4 Å². The Kier molecular flexibility index (Phi) is 7.77. The van der Waals surface area contributed by atoms with E-state index in [1.807, 2.05) is 62.4 Å². The first-order valence-corrected chi connectivity index (χ1v) is 12.1. The largest absolute Gasteiger partial charge is 0.494 e. The maximum atomic E-state index is 12.8. The Balaban J connectivity index is 1.24. The van der Waals surface area contributed by atoms with Crippen LogP contribution >= 0.6 is 15.9 Å². The molecule has 1 N–H and O–H groups in total. The van der Waals surface area contributed by atoms with Crippen molar-refractivity contribution >= 4 is 21.8 Å². The van der Waals surface area contributed by atoms with Gasteiger partial charge in [-0.15, -0.1) is 0 Å². The van der Waals surface area contributed by atoms with Crippen LogP contribution in [-0.4, -0.2) is 40.6 Å². The van der Waals surface area contributed by atoms with Crippen molar-refractivity contribution in [1.29, 1.82) is 0 Å². The first-order valence-electron chi connectivity index (χ1n) is 11.4. The number of carbonyl (C=O) groups is 1. The topological polar surface area (TPSA) is 80.5 Å². The summed E-state index contributed by atoms with van der Waals surface area (Å²) in [6.45, 7) is 6.87. The summed E-state index contributed by atoms with van der Waals surface area (Å²) < 4.78 is 11.9. The van der Waals surface area contributed by atoms with Gasteiger partial charge in [-0.1, -0.05) is 33.2 Å². The highest BCUT2D eigenvalue weighted by molar-refractivity contribution is 9.10. The molecule has 1 aliphatic heterocycles. The molecule has 33 heavy (non-hydrogen) atoms. The van der Waals surface area contributed by atoms with Gasteiger partial charge in [0.2, 0.25) is 17.6 Å². The molecule has 4 rings (SSSR count). The minimum atomic E-state index is -0.0402. The number of carbonyl (C=O) groups excluding carboxylic acids is 1. The van der Waals surface area contributed by atoms with Gasteiger partial charge in [0, 0.05) is 16.0 Å². The minimum Gasteiger partial charge on any atom is -0.494 e. The summed E-state index contributed by atoms with van der Waals surface area (Å²) in [5.74, 6) is 2.17. The van der Waals surface area contributed by atoms with Gasteiger partial charge < -0.3 is 14.6 Å². The number of likely N-dealkylation sites (tertiary alicyclic amines) is 1. The lowest BCUT2D eigenvalue weighted by Crippen LogP contribution is -2.40. The zero-order chi connectivity index (χ0) is 23.2. The first kappa shape index (κ1) is 23.4.